The minimum Gasteiger partial charge on any atom is -0.497 e. The molecule has 0 bridgehead atoms. The highest BCUT2D eigenvalue weighted by Gasteiger charge is 2.24. The lowest BCUT2D eigenvalue weighted by molar-refractivity contribution is 0.0595. The molecule has 126 valence electrons. The molecule has 0 radical (unpaired) electrons. The van der Waals surface area contributed by atoms with Crippen LogP contribution in [-0.2, 0) is 0 Å². The van der Waals surface area contributed by atoms with Crippen LogP contribution in [0.5, 0.6) is 11.5 Å². The van der Waals surface area contributed by atoms with Gasteiger partial charge in [-0.3, -0.25) is 9.78 Å². The van der Waals surface area contributed by atoms with Crippen molar-refractivity contribution >= 4 is 5.91 Å². The Morgan fingerprint density at radius 1 is 1.08 bits per heavy atom. The van der Waals surface area contributed by atoms with Crippen LogP contribution in [0, 0.1) is 6.92 Å². The molecule has 1 saturated heterocycles. The molecule has 0 unspecified atom stereocenters. The van der Waals surface area contributed by atoms with E-state index in [-0.39, 0.29) is 12.0 Å². The van der Waals surface area contributed by atoms with E-state index in [1.165, 1.54) is 0 Å². The summed E-state index contributed by atoms with van der Waals surface area (Å²) in [7, 11) is 1.62. The van der Waals surface area contributed by atoms with Crippen molar-refractivity contribution in [2.75, 3.05) is 20.2 Å². The predicted molar refractivity (Wildman–Crippen MR) is 91.5 cm³/mol. The van der Waals surface area contributed by atoms with Crippen molar-refractivity contribution in [1.82, 2.24) is 9.88 Å². The number of aryl methyl sites for hydroxylation is 1. The number of carbonyl (C=O) groups excluding carboxylic acids is 1. The van der Waals surface area contributed by atoms with Gasteiger partial charge in [0.25, 0.3) is 5.91 Å². The number of hydrogen-bond acceptors (Lipinski definition) is 4. The van der Waals surface area contributed by atoms with Gasteiger partial charge >= 0.3 is 0 Å². The molecule has 1 aromatic heterocycles. The third-order valence-electron chi connectivity index (χ3n) is 4.25. The van der Waals surface area contributed by atoms with Gasteiger partial charge in [-0.15, -0.1) is 0 Å². The van der Waals surface area contributed by atoms with Crippen LogP contribution in [0.4, 0.5) is 0 Å². The maximum Gasteiger partial charge on any atom is 0.253 e. The van der Waals surface area contributed by atoms with Gasteiger partial charge in [0, 0.05) is 37.2 Å². The lowest BCUT2D eigenvalue weighted by atomic mass is 10.1. The molecule has 24 heavy (non-hydrogen) atoms. The van der Waals surface area contributed by atoms with Crippen molar-refractivity contribution in [2.24, 2.45) is 0 Å². The summed E-state index contributed by atoms with van der Waals surface area (Å²) in [5.74, 6) is 1.61. The molecule has 1 aromatic carbocycles. The molecule has 3 rings (SSSR count). The molecule has 0 atom stereocenters. The second-order valence-electron chi connectivity index (χ2n) is 5.97. The molecule has 0 aliphatic carbocycles. The summed E-state index contributed by atoms with van der Waals surface area (Å²) in [5.41, 5.74) is 1.67. The Morgan fingerprint density at radius 3 is 2.33 bits per heavy atom. The molecular weight excluding hydrogens is 304 g/mol. The number of methoxy groups -OCH3 is 1. The van der Waals surface area contributed by atoms with Crippen LogP contribution in [0.1, 0.15) is 28.9 Å². The quantitative estimate of drug-likeness (QED) is 0.866. The lowest BCUT2D eigenvalue weighted by Crippen LogP contribution is -2.41. The Balaban J connectivity index is 1.54. The first-order chi connectivity index (χ1) is 11.7. The fourth-order valence-electron chi connectivity index (χ4n) is 2.81. The molecule has 1 amide bonds. The summed E-state index contributed by atoms with van der Waals surface area (Å²) >= 11 is 0. The molecule has 1 aliphatic rings. The van der Waals surface area contributed by atoms with Crippen LogP contribution >= 0.6 is 0 Å². The van der Waals surface area contributed by atoms with Crippen molar-refractivity contribution < 1.29 is 14.3 Å². The molecule has 1 aliphatic heterocycles. The highest BCUT2D eigenvalue weighted by molar-refractivity contribution is 5.94. The zero-order valence-corrected chi connectivity index (χ0v) is 14.1. The van der Waals surface area contributed by atoms with Gasteiger partial charge in [0.1, 0.15) is 17.6 Å². The Kier molecular flexibility index (Phi) is 4.99. The van der Waals surface area contributed by atoms with Gasteiger partial charge in [-0.25, -0.2) is 0 Å². The zero-order chi connectivity index (χ0) is 16.9. The van der Waals surface area contributed by atoms with Crippen molar-refractivity contribution in [3.63, 3.8) is 0 Å². The third-order valence-corrected chi connectivity index (χ3v) is 4.25. The number of pyridine rings is 1. The van der Waals surface area contributed by atoms with Crippen LogP contribution in [0.25, 0.3) is 0 Å². The van der Waals surface area contributed by atoms with Crippen LogP contribution in [0.2, 0.25) is 0 Å². The van der Waals surface area contributed by atoms with E-state index in [9.17, 15) is 4.79 Å². The van der Waals surface area contributed by atoms with Gasteiger partial charge in [-0.2, -0.15) is 0 Å². The molecule has 1 fully saturated rings. The Labute approximate surface area is 142 Å². The van der Waals surface area contributed by atoms with E-state index in [1.54, 1.807) is 13.3 Å². The second kappa shape index (κ2) is 7.34. The van der Waals surface area contributed by atoms with Gasteiger partial charge < -0.3 is 14.4 Å². The van der Waals surface area contributed by atoms with Gasteiger partial charge in [-0.1, -0.05) is 0 Å². The van der Waals surface area contributed by atoms with E-state index < -0.39 is 0 Å². The SMILES string of the molecule is COc1ccc(C(=O)N2CCC(Oc3ccc(C)nc3)CC2)cc1. The van der Waals surface area contributed by atoms with E-state index >= 15 is 0 Å². The summed E-state index contributed by atoms with van der Waals surface area (Å²) in [5, 5.41) is 0. The third kappa shape index (κ3) is 3.85. The summed E-state index contributed by atoms with van der Waals surface area (Å²) in [6.07, 6.45) is 3.55. The average Bonchev–Trinajstić information content (AvgIpc) is 2.64. The molecular formula is C19H22N2O3. The highest BCUT2D eigenvalue weighted by atomic mass is 16.5. The number of hydrogen-bond donors (Lipinski definition) is 0. The van der Waals surface area contributed by atoms with E-state index in [0.717, 1.165) is 30.0 Å². The van der Waals surface area contributed by atoms with Crippen LogP contribution in [-0.4, -0.2) is 42.1 Å². The molecule has 5 heteroatoms. The number of carbonyl (C=O) groups is 1. The number of rotatable bonds is 4. The molecule has 2 heterocycles. The van der Waals surface area contributed by atoms with Gasteiger partial charge in [0.15, 0.2) is 0 Å². The maximum atomic E-state index is 12.5. The first-order valence-corrected chi connectivity index (χ1v) is 8.18. The van der Waals surface area contributed by atoms with E-state index in [0.29, 0.717) is 18.7 Å². The lowest BCUT2D eigenvalue weighted by Gasteiger charge is -2.32. The van der Waals surface area contributed by atoms with Crippen LogP contribution in [0.3, 0.4) is 0 Å². The number of nitrogens with zero attached hydrogens (tertiary/aromatic N) is 2. The first kappa shape index (κ1) is 16.3. The Morgan fingerprint density at radius 2 is 1.75 bits per heavy atom. The van der Waals surface area contributed by atoms with Crippen molar-refractivity contribution in [3.8, 4) is 11.5 Å². The van der Waals surface area contributed by atoms with Gasteiger partial charge in [-0.05, 0) is 43.3 Å². The molecule has 5 nitrogen and oxygen atoms in total. The standard InChI is InChI=1S/C19H22N2O3/c1-14-3-6-18(13-20-14)24-17-9-11-21(12-10-17)19(22)15-4-7-16(23-2)8-5-15/h3-8,13,17H,9-12H2,1-2H3. The van der Waals surface area contributed by atoms with Gasteiger partial charge in [0.2, 0.25) is 0 Å². The summed E-state index contributed by atoms with van der Waals surface area (Å²) in [6, 6.07) is 11.1. The summed E-state index contributed by atoms with van der Waals surface area (Å²) in [6.45, 7) is 3.36. The van der Waals surface area contributed by atoms with E-state index in [1.807, 2.05) is 48.2 Å². The highest BCUT2D eigenvalue weighted by Crippen LogP contribution is 2.20. The fourth-order valence-corrected chi connectivity index (χ4v) is 2.81. The number of likely N-dealkylation sites (tertiary alicyclic amines) is 1. The largest absolute Gasteiger partial charge is 0.497 e. The number of ether oxygens (including phenoxy) is 2. The van der Waals surface area contributed by atoms with Crippen molar-refractivity contribution in [2.45, 2.75) is 25.9 Å². The fraction of sp³-hybridized carbons (Fsp3) is 0.368. The number of benzene rings is 1. The number of piperidine rings is 1. The van der Waals surface area contributed by atoms with Crippen LogP contribution in [0.15, 0.2) is 42.6 Å². The van der Waals surface area contributed by atoms with E-state index in [4.69, 9.17) is 9.47 Å². The maximum absolute atomic E-state index is 12.5. The van der Waals surface area contributed by atoms with E-state index in [2.05, 4.69) is 4.98 Å². The second-order valence-corrected chi connectivity index (χ2v) is 5.97. The minimum absolute atomic E-state index is 0.0631. The summed E-state index contributed by atoms with van der Waals surface area (Å²) < 4.78 is 11.1. The number of aromatic nitrogens is 1. The minimum atomic E-state index is 0.0631. The van der Waals surface area contributed by atoms with Gasteiger partial charge in [0.05, 0.1) is 13.3 Å². The topological polar surface area (TPSA) is 51.7 Å². The van der Waals surface area contributed by atoms with Crippen molar-refractivity contribution in [1.29, 1.82) is 0 Å². The molecule has 2 aromatic rings. The monoisotopic (exact) mass is 326 g/mol. The smallest absolute Gasteiger partial charge is 0.253 e. The predicted octanol–water partition coefficient (Wildman–Crippen LogP) is 3.08. The van der Waals surface area contributed by atoms with Crippen molar-refractivity contribution in [3.05, 3.63) is 53.9 Å². The molecule has 0 N–H and O–H groups in total. The Bertz CT molecular complexity index is 675. The first-order valence-electron chi connectivity index (χ1n) is 8.18. The van der Waals surface area contributed by atoms with Crippen LogP contribution < -0.4 is 9.47 Å². The zero-order valence-electron chi connectivity index (χ0n) is 14.1. The summed E-state index contributed by atoms with van der Waals surface area (Å²) in [4.78, 5) is 18.7. The molecule has 0 saturated carbocycles. The Hall–Kier alpha value is -2.56. The molecule has 0 spiro atoms. The number of amides is 1. The normalized spacial score (nSPS) is 15.2. The average molecular weight is 326 g/mol.